The van der Waals surface area contributed by atoms with Gasteiger partial charge < -0.3 is 9.73 Å². The summed E-state index contributed by atoms with van der Waals surface area (Å²) in [7, 11) is 0. The van der Waals surface area contributed by atoms with Gasteiger partial charge in [0, 0.05) is 32.3 Å². The standard InChI is InChI=1S/C29H18Cl2N2O3/c30-20-12-10-18(11-13-20)26-17-32-29(36-26)23-9-5-4-8-22(23)28(35)33-25-15-14-21(31)16-24(25)27(34)19-6-2-1-3-7-19/h1-17H,(H,33,35). The van der Waals surface area contributed by atoms with Crippen molar-refractivity contribution in [2.45, 2.75) is 0 Å². The lowest BCUT2D eigenvalue weighted by Crippen LogP contribution is -2.16. The summed E-state index contributed by atoms with van der Waals surface area (Å²) in [6, 6.07) is 27.8. The molecule has 0 saturated heterocycles. The van der Waals surface area contributed by atoms with Crippen molar-refractivity contribution in [3.05, 3.63) is 130 Å². The summed E-state index contributed by atoms with van der Waals surface area (Å²) in [5.41, 5.74) is 2.80. The fourth-order valence-corrected chi connectivity index (χ4v) is 4.06. The zero-order valence-electron chi connectivity index (χ0n) is 18.7. The topological polar surface area (TPSA) is 72.2 Å². The third-order valence-corrected chi connectivity index (χ3v) is 6.03. The molecule has 5 rings (SSSR count). The second-order valence-electron chi connectivity index (χ2n) is 7.92. The van der Waals surface area contributed by atoms with Gasteiger partial charge in [-0.2, -0.15) is 0 Å². The number of oxazole rings is 1. The molecule has 1 N–H and O–H groups in total. The Morgan fingerprint density at radius 2 is 1.44 bits per heavy atom. The number of hydrogen-bond acceptors (Lipinski definition) is 4. The number of carbonyl (C=O) groups is 2. The number of halogens is 2. The quantitative estimate of drug-likeness (QED) is 0.235. The van der Waals surface area contributed by atoms with E-state index in [1.54, 1.807) is 85.1 Å². The first kappa shape index (κ1) is 23.5. The van der Waals surface area contributed by atoms with Crippen LogP contribution in [0, 0.1) is 0 Å². The molecule has 0 unspecified atom stereocenters. The lowest BCUT2D eigenvalue weighted by atomic mass is 10.0. The van der Waals surface area contributed by atoms with Crippen LogP contribution in [0.3, 0.4) is 0 Å². The van der Waals surface area contributed by atoms with Gasteiger partial charge in [-0.25, -0.2) is 4.98 Å². The zero-order valence-corrected chi connectivity index (χ0v) is 20.3. The van der Waals surface area contributed by atoms with Crippen molar-refractivity contribution in [2.75, 3.05) is 5.32 Å². The van der Waals surface area contributed by atoms with Crippen LogP contribution in [-0.4, -0.2) is 16.7 Å². The van der Waals surface area contributed by atoms with Gasteiger partial charge >= 0.3 is 0 Å². The predicted octanol–water partition coefficient (Wildman–Crippen LogP) is 7.80. The van der Waals surface area contributed by atoms with Gasteiger partial charge in [0.25, 0.3) is 5.91 Å². The van der Waals surface area contributed by atoms with Crippen LogP contribution in [0.5, 0.6) is 0 Å². The highest BCUT2D eigenvalue weighted by molar-refractivity contribution is 6.31. The van der Waals surface area contributed by atoms with Crippen molar-refractivity contribution in [3.8, 4) is 22.8 Å². The molecule has 0 bridgehead atoms. The Labute approximate surface area is 217 Å². The van der Waals surface area contributed by atoms with Crippen LogP contribution in [0.4, 0.5) is 5.69 Å². The highest BCUT2D eigenvalue weighted by atomic mass is 35.5. The maximum atomic E-state index is 13.4. The third-order valence-electron chi connectivity index (χ3n) is 5.55. The normalized spacial score (nSPS) is 10.7. The van der Waals surface area contributed by atoms with E-state index in [0.717, 1.165) is 5.56 Å². The van der Waals surface area contributed by atoms with Crippen LogP contribution < -0.4 is 5.32 Å². The van der Waals surface area contributed by atoms with Crippen molar-refractivity contribution in [1.82, 2.24) is 4.98 Å². The Bertz CT molecular complexity index is 1560. The summed E-state index contributed by atoms with van der Waals surface area (Å²) in [6.07, 6.45) is 1.60. The van der Waals surface area contributed by atoms with Gasteiger partial charge in [-0.05, 0) is 54.6 Å². The number of carbonyl (C=O) groups excluding carboxylic acids is 2. The Morgan fingerprint density at radius 1 is 0.750 bits per heavy atom. The van der Waals surface area contributed by atoms with E-state index in [1.165, 1.54) is 0 Å². The first-order chi connectivity index (χ1) is 17.5. The maximum Gasteiger partial charge on any atom is 0.256 e. The summed E-state index contributed by atoms with van der Waals surface area (Å²) in [5.74, 6) is 0.177. The second-order valence-corrected chi connectivity index (χ2v) is 8.79. The minimum absolute atomic E-state index is 0.248. The molecule has 7 heteroatoms. The summed E-state index contributed by atoms with van der Waals surface area (Å²) in [4.78, 5) is 30.9. The molecule has 5 aromatic rings. The Balaban J connectivity index is 1.46. The molecular formula is C29H18Cl2N2O3. The number of amides is 1. The minimum Gasteiger partial charge on any atom is -0.436 e. The first-order valence-electron chi connectivity index (χ1n) is 11.0. The molecule has 0 saturated carbocycles. The van der Waals surface area contributed by atoms with Crippen molar-refractivity contribution in [3.63, 3.8) is 0 Å². The summed E-state index contributed by atoms with van der Waals surface area (Å²) >= 11 is 12.2. The number of hydrogen-bond donors (Lipinski definition) is 1. The molecule has 1 heterocycles. The van der Waals surface area contributed by atoms with E-state index < -0.39 is 5.91 Å². The smallest absolute Gasteiger partial charge is 0.256 e. The minimum atomic E-state index is -0.415. The molecule has 0 atom stereocenters. The zero-order chi connectivity index (χ0) is 25.1. The van der Waals surface area contributed by atoms with E-state index in [0.29, 0.717) is 49.6 Å². The van der Waals surface area contributed by atoms with Crippen LogP contribution in [0.2, 0.25) is 10.0 Å². The summed E-state index contributed by atoms with van der Waals surface area (Å²) < 4.78 is 5.97. The fraction of sp³-hybridized carbons (Fsp3) is 0. The molecule has 0 fully saturated rings. The number of benzene rings is 4. The fourth-order valence-electron chi connectivity index (χ4n) is 3.76. The number of nitrogens with one attached hydrogen (secondary N) is 1. The summed E-state index contributed by atoms with van der Waals surface area (Å²) in [6.45, 7) is 0. The van der Waals surface area contributed by atoms with E-state index in [9.17, 15) is 9.59 Å². The van der Waals surface area contributed by atoms with Gasteiger partial charge in [-0.15, -0.1) is 0 Å². The number of nitrogens with zero attached hydrogens (tertiary/aromatic N) is 1. The molecule has 36 heavy (non-hydrogen) atoms. The monoisotopic (exact) mass is 512 g/mol. The summed E-state index contributed by atoms with van der Waals surface area (Å²) in [5, 5.41) is 3.87. The molecule has 0 aliphatic rings. The molecule has 0 aliphatic carbocycles. The number of anilines is 1. The Hall–Kier alpha value is -4.19. The molecule has 1 aromatic heterocycles. The lowest BCUT2D eigenvalue weighted by molar-refractivity contribution is 0.102. The molecule has 1 amide bonds. The van der Waals surface area contributed by atoms with Crippen LogP contribution in [0.15, 0.2) is 108 Å². The van der Waals surface area contributed by atoms with E-state index in [1.807, 2.05) is 18.2 Å². The average molecular weight is 513 g/mol. The van der Waals surface area contributed by atoms with Crippen LogP contribution >= 0.6 is 23.2 Å². The highest BCUT2D eigenvalue weighted by Gasteiger charge is 2.20. The van der Waals surface area contributed by atoms with E-state index in [-0.39, 0.29) is 5.78 Å². The molecule has 176 valence electrons. The van der Waals surface area contributed by atoms with Gasteiger partial charge in [0.15, 0.2) is 11.5 Å². The molecule has 4 aromatic carbocycles. The van der Waals surface area contributed by atoms with Crippen LogP contribution in [0.25, 0.3) is 22.8 Å². The van der Waals surface area contributed by atoms with E-state index in [4.69, 9.17) is 27.6 Å². The number of aromatic nitrogens is 1. The maximum absolute atomic E-state index is 13.4. The molecule has 0 radical (unpaired) electrons. The van der Waals surface area contributed by atoms with E-state index in [2.05, 4.69) is 10.3 Å². The van der Waals surface area contributed by atoms with Crippen molar-refractivity contribution in [2.24, 2.45) is 0 Å². The SMILES string of the molecule is O=C(c1ccccc1)c1cc(Cl)ccc1NC(=O)c1ccccc1-c1ncc(-c2ccc(Cl)cc2)o1. The molecule has 0 aliphatic heterocycles. The number of rotatable bonds is 6. The first-order valence-corrected chi connectivity index (χ1v) is 11.8. The predicted molar refractivity (Wildman–Crippen MR) is 142 cm³/mol. The second kappa shape index (κ2) is 10.2. The van der Waals surface area contributed by atoms with Gasteiger partial charge in [0.2, 0.25) is 5.89 Å². The van der Waals surface area contributed by atoms with Crippen molar-refractivity contribution >= 4 is 40.6 Å². The molecule has 5 nitrogen and oxygen atoms in total. The van der Waals surface area contributed by atoms with Crippen LogP contribution in [-0.2, 0) is 0 Å². The lowest BCUT2D eigenvalue weighted by Gasteiger charge is -2.12. The van der Waals surface area contributed by atoms with E-state index >= 15 is 0 Å². The highest BCUT2D eigenvalue weighted by Crippen LogP contribution is 2.30. The Morgan fingerprint density at radius 3 is 2.22 bits per heavy atom. The van der Waals surface area contributed by atoms with Crippen LogP contribution in [0.1, 0.15) is 26.3 Å². The van der Waals surface area contributed by atoms with Gasteiger partial charge in [-0.3, -0.25) is 9.59 Å². The van der Waals surface area contributed by atoms with Gasteiger partial charge in [0.05, 0.1) is 17.4 Å². The average Bonchev–Trinajstić information content (AvgIpc) is 3.40. The molecule has 0 spiro atoms. The molecular weight excluding hydrogens is 495 g/mol. The largest absolute Gasteiger partial charge is 0.436 e. The van der Waals surface area contributed by atoms with Crippen molar-refractivity contribution < 1.29 is 14.0 Å². The van der Waals surface area contributed by atoms with Crippen molar-refractivity contribution in [1.29, 1.82) is 0 Å². The van der Waals surface area contributed by atoms with Gasteiger partial charge in [-0.1, -0.05) is 65.7 Å². The van der Waals surface area contributed by atoms with Gasteiger partial charge in [0.1, 0.15) is 0 Å². The Kier molecular flexibility index (Phi) is 6.67. The number of ketones is 1. The third kappa shape index (κ3) is 4.93.